The van der Waals surface area contributed by atoms with Gasteiger partial charge in [-0.05, 0) is 61.4 Å². The van der Waals surface area contributed by atoms with Crippen LogP contribution in [-0.2, 0) is 6.42 Å². The first-order valence-electron chi connectivity index (χ1n) is 7.57. The number of hydrogen-bond donors (Lipinski definition) is 1. The largest absolute Gasteiger partial charge is 0.314 e. The lowest BCUT2D eigenvalue weighted by Gasteiger charge is -2.49. The molecule has 0 aromatic heterocycles. The van der Waals surface area contributed by atoms with E-state index in [1.54, 1.807) is 11.1 Å². The smallest absolute Gasteiger partial charge is 0.0366 e. The highest BCUT2D eigenvalue weighted by Crippen LogP contribution is 2.40. The summed E-state index contributed by atoms with van der Waals surface area (Å²) in [5.41, 5.74) is 3.14. The van der Waals surface area contributed by atoms with Crippen molar-refractivity contribution in [2.75, 3.05) is 19.6 Å². The number of fused-ring (bicyclic) bond motifs is 4. The van der Waals surface area contributed by atoms with Gasteiger partial charge in [0.05, 0.1) is 0 Å². The molecule has 0 aliphatic carbocycles. The van der Waals surface area contributed by atoms with Crippen LogP contribution in [0.3, 0.4) is 0 Å². The third-order valence-corrected chi connectivity index (χ3v) is 5.74. The van der Waals surface area contributed by atoms with Crippen LogP contribution in [0.5, 0.6) is 0 Å². The predicted molar refractivity (Wildman–Crippen MR) is 81.3 cm³/mol. The molecule has 1 N–H and O–H groups in total. The number of nitrogens with zero attached hydrogens (tertiary/aromatic N) is 1. The monoisotopic (exact) mass is 320 g/mol. The van der Waals surface area contributed by atoms with Gasteiger partial charge in [-0.15, -0.1) is 0 Å². The number of hydrogen-bond acceptors (Lipinski definition) is 2. The van der Waals surface area contributed by atoms with Crippen LogP contribution in [0.4, 0.5) is 0 Å². The molecule has 3 aliphatic heterocycles. The van der Waals surface area contributed by atoms with Crippen molar-refractivity contribution in [1.82, 2.24) is 10.2 Å². The number of benzene rings is 1. The highest BCUT2D eigenvalue weighted by molar-refractivity contribution is 9.10. The van der Waals surface area contributed by atoms with Crippen LogP contribution in [0.15, 0.2) is 22.7 Å². The summed E-state index contributed by atoms with van der Waals surface area (Å²) in [6.07, 6.45) is 5.31. The third kappa shape index (κ3) is 2.16. The Balaban J connectivity index is 1.65. The number of rotatable bonds is 0. The molecule has 1 aromatic rings. The zero-order valence-corrected chi connectivity index (χ0v) is 12.8. The first-order valence-corrected chi connectivity index (χ1v) is 8.36. The van der Waals surface area contributed by atoms with E-state index in [4.69, 9.17) is 0 Å². The van der Waals surface area contributed by atoms with Gasteiger partial charge in [-0.3, -0.25) is 4.90 Å². The number of halogens is 1. The lowest BCUT2D eigenvalue weighted by atomic mass is 9.77. The Morgan fingerprint density at radius 1 is 1.32 bits per heavy atom. The summed E-state index contributed by atoms with van der Waals surface area (Å²) in [5.74, 6) is 0.891. The predicted octanol–water partition coefficient (Wildman–Crippen LogP) is 3.12. The molecule has 102 valence electrons. The molecular weight excluding hydrogens is 300 g/mol. The lowest BCUT2D eigenvalue weighted by Crippen LogP contribution is -2.54. The molecular formula is C16H21BrN2. The summed E-state index contributed by atoms with van der Waals surface area (Å²) in [7, 11) is 0. The Morgan fingerprint density at radius 2 is 2.26 bits per heavy atom. The summed E-state index contributed by atoms with van der Waals surface area (Å²) in [5, 5.41) is 3.76. The van der Waals surface area contributed by atoms with Crippen molar-refractivity contribution in [3.05, 3.63) is 33.8 Å². The molecule has 3 heteroatoms. The van der Waals surface area contributed by atoms with E-state index in [-0.39, 0.29) is 0 Å². The minimum atomic E-state index is 0.656. The van der Waals surface area contributed by atoms with Gasteiger partial charge in [0.25, 0.3) is 0 Å². The molecule has 3 aliphatic rings. The molecule has 0 bridgehead atoms. The van der Waals surface area contributed by atoms with E-state index in [2.05, 4.69) is 44.3 Å². The third-order valence-electron chi connectivity index (χ3n) is 5.25. The molecule has 2 nitrogen and oxygen atoms in total. The molecule has 0 saturated carbocycles. The molecule has 2 fully saturated rings. The zero-order valence-electron chi connectivity index (χ0n) is 11.2. The van der Waals surface area contributed by atoms with E-state index < -0.39 is 0 Å². The maximum atomic E-state index is 3.76. The van der Waals surface area contributed by atoms with E-state index in [1.807, 2.05) is 0 Å². The van der Waals surface area contributed by atoms with Crippen LogP contribution in [0.1, 0.15) is 36.4 Å². The zero-order chi connectivity index (χ0) is 12.8. The van der Waals surface area contributed by atoms with E-state index >= 15 is 0 Å². The molecule has 19 heavy (non-hydrogen) atoms. The molecule has 3 atom stereocenters. The fourth-order valence-electron chi connectivity index (χ4n) is 4.28. The average Bonchev–Trinajstić information content (AvgIpc) is 2.44. The topological polar surface area (TPSA) is 15.3 Å². The summed E-state index contributed by atoms with van der Waals surface area (Å²) in [4.78, 5) is 2.74. The number of piperidine rings is 2. The second kappa shape index (κ2) is 4.87. The second-order valence-corrected chi connectivity index (χ2v) is 7.22. The Hall–Kier alpha value is -0.380. The summed E-state index contributed by atoms with van der Waals surface area (Å²) < 4.78 is 1.23. The Labute approximate surface area is 123 Å². The van der Waals surface area contributed by atoms with Gasteiger partial charge in [-0.2, -0.15) is 0 Å². The molecule has 0 spiro atoms. The van der Waals surface area contributed by atoms with Crippen LogP contribution in [0.2, 0.25) is 0 Å². The van der Waals surface area contributed by atoms with Gasteiger partial charge in [0.15, 0.2) is 0 Å². The maximum absolute atomic E-state index is 3.76. The van der Waals surface area contributed by atoms with Crippen LogP contribution in [-0.4, -0.2) is 30.6 Å². The van der Waals surface area contributed by atoms with Crippen molar-refractivity contribution in [2.24, 2.45) is 5.92 Å². The minimum Gasteiger partial charge on any atom is -0.314 e. The van der Waals surface area contributed by atoms with Crippen molar-refractivity contribution >= 4 is 15.9 Å². The van der Waals surface area contributed by atoms with E-state index in [9.17, 15) is 0 Å². The van der Waals surface area contributed by atoms with Gasteiger partial charge < -0.3 is 5.32 Å². The van der Waals surface area contributed by atoms with Gasteiger partial charge in [0.1, 0.15) is 0 Å². The first-order chi connectivity index (χ1) is 9.31. The average molecular weight is 321 g/mol. The second-order valence-electron chi connectivity index (χ2n) is 6.30. The van der Waals surface area contributed by atoms with Gasteiger partial charge in [0, 0.05) is 29.6 Å². The summed E-state index contributed by atoms with van der Waals surface area (Å²) >= 11 is 3.61. The SMILES string of the molecule is Brc1ccc2c(c1)CCN1C[C@H]3CCCN[C@H]3C[C@H]21. The molecule has 2 saturated heterocycles. The van der Waals surface area contributed by atoms with Gasteiger partial charge >= 0.3 is 0 Å². The standard InChI is InChI=1S/C16H21BrN2/c17-13-3-4-14-11(8-13)5-7-19-10-12-2-1-6-18-15(12)9-16(14)19/h3-4,8,12,15-16,18H,1-2,5-7,9-10H2/t12-,15+,16-/m1/s1. The van der Waals surface area contributed by atoms with Crippen molar-refractivity contribution in [3.8, 4) is 0 Å². The van der Waals surface area contributed by atoms with Crippen LogP contribution >= 0.6 is 15.9 Å². The molecule has 4 rings (SSSR count). The Bertz CT molecular complexity index is 488. The van der Waals surface area contributed by atoms with Crippen molar-refractivity contribution in [1.29, 1.82) is 0 Å². The van der Waals surface area contributed by atoms with Gasteiger partial charge in [-0.25, -0.2) is 0 Å². The van der Waals surface area contributed by atoms with E-state index in [1.165, 1.54) is 49.8 Å². The molecule has 0 radical (unpaired) electrons. The Kier molecular flexibility index (Phi) is 3.17. The van der Waals surface area contributed by atoms with Gasteiger partial charge in [0.2, 0.25) is 0 Å². The lowest BCUT2D eigenvalue weighted by molar-refractivity contribution is 0.0552. The van der Waals surface area contributed by atoms with Crippen LogP contribution in [0, 0.1) is 5.92 Å². The van der Waals surface area contributed by atoms with E-state index in [0.717, 1.165) is 12.0 Å². The van der Waals surface area contributed by atoms with Crippen LogP contribution in [0.25, 0.3) is 0 Å². The number of nitrogens with one attached hydrogen (secondary N) is 1. The fraction of sp³-hybridized carbons (Fsp3) is 0.625. The molecule has 1 aromatic carbocycles. The summed E-state index contributed by atoms with van der Waals surface area (Å²) in [6, 6.07) is 8.29. The maximum Gasteiger partial charge on any atom is 0.0366 e. The first kappa shape index (κ1) is 12.4. The summed E-state index contributed by atoms with van der Waals surface area (Å²) in [6.45, 7) is 3.77. The molecule has 0 unspecified atom stereocenters. The molecule has 0 amide bonds. The van der Waals surface area contributed by atoms with Crippen molar-refractivity contribution < 1.29 is 0 Å². The van der Waals surface area contributed by atoms with Crippen molar-refractivity contribution in [3.63, 3.8) is 0 Å². The highest BCUT2D eigenvalue weighted by Gasteiger charge is 2.39. The Morgan fingerprint density at radius 3 is 3.21 bits per heavy atom. The highest BCUT2D eigenvalue weighted by atomic mass is 79.9. The van der Waals surface area contributed by atoms with Gasteiger partial charge in [-0.1, -0.05) is 22.0 Å². The van der Waals surface area contributed by atoms with E-state index in [0.29, 0.717) is 6.04 Å². The quantitative estimate of drug-likeness (QED) is 0.790. The fourth-order valence-corrected chi connectivity index (χ4v) is 4.69. The minimum absolute atomic E-state index is 0.656. The molecule has 3 heterocycles. The van der Waals surface area contributed by atoms with Crippen molar-refractivity contribution in [2.45, 2.75) is 37.8 Å². The van der Waals surface area contributed by atoms with Crippen LogP contribution < -0.4 is 5.32 Å². The normalized spacial score (nSPS) is 34.3.